The molecule has 0 fully saturated rings. The molecule has 1 amide bonds. The standard InChI is InChI=1S/C17H10Cl2F4N4O4/c18-9-3-1-7(27(29)30)5-10(9)24-17(28)11-4-2-8(31-11)6-26-14(16(22)23)12(19)13(25-26)15(20)21/h1-5,15-16H,6H2,(H,24,28). The number of alkyl halides is 4. The molecule has 14 heteroatoms. The van der Waals surface area contributed by atoms with Crippen LogP contribution in [0.25, 0.3) is 0 Å². The van der Waals surface area contributed by atoms with Crippen molar-refractivity contribution in [2.45, 2.75) is 19.4 Å². The molecule has 1 aromatic carbocycles. The number of amides is 1. The summed E-state index contributed by atoms with van der Waals surface area (Å²) >= 11 is 11.5. The Morgan fingerprint density at radius 2 is 1.90 bits per heavy atom. The van der Waals surface area contributed by atoms with E-state index in [9.17, 15) is 32.5 Å². The Hall–Kier alpha value is -3.12. The fourth-order valence-corrected chi connectivity index (χ4v) is 3.04. The molecule has 0 aliphatic carbocycles. The molecule has 2 aromatic heterocycles. The van der Waals surface area contributed by atoms with Gasteiger partial charge >= 0.3 is 0 Å². The van der Waals surface area contributed by atoms with Crippen molar-refractivity contribution in [3.63, 3.8) is 0 Å². The molecule has 0 unspecified atom stereocenters. The zero-order valence-electron chi connectivity index (χ0n) is 15.0. The second-order valence-electron chi connectivity index (χ2n) is 5.98. The Morgan fingerprint density at radius 1 is 1.19 bits per heavy atom. The number of halogens is 6. The van der Waals surface area contributed by atoms with Crippen molar-refractivity contribution in [2.24, 2.45) is 0 Å². The fourth-order valence-electron chi connectivity index (χ4n) is 2.58. The Kier molecular flexibility index (Phi) is 6.51. The summed E-state index contributed by atoms with van der Waals surface area (Å²) in [5.41, 5.74) is -2.28. The number of aromatic nitrogens is 2. The predicted molar refractivity (Wildman–Crippen MR) is 101 cm³/mol. The molecule has 164 valence electrons. The highest BCUT2D eigenvalue weighted by atomic mass is 35.5. The Morgan fingerprint density at radius 3 is 2.52 bits per heavy atom. The lowest BCUT2D eigenvalue weighted by atomic mass is 10.2. The predicted octanol–water partition coefficient (Wildman–Crippen LogP) is 5.87. The van der Waals surface area contributed by atoms with E-state index in [4.69, 9.17) is 27.6 Å². The number of carbonyl (C=O) groups is 1. The summed E-state index contributed by atoms with van der Waals surface area (Å²) in [5, 5.41) is 15.8. The minimum Gasteiger partial charge on any atom is -0.454 e. The monoisotopic (exact) mass is 480 g/mol. The number of carbonyl (C=O) groups excluding carboxylic acids is 1. The van der Waals surface area contributed by atoms with Crippen molar-refractivity contribution in [1.82, 2.24) is 9.78 Å². The number of nitrogens with zero attached hydrogens (tertiary/aromatic N) is 3. The molecule has 0 bridgehead atoms. The maximum absolute atomic E-state index is 13.2. The number of nitrogens with one attached hydrogen (secondary N) is 1. The molecule has 0 radical (unpaired) electrons. The first-order valence-electron chi connectivity index (χ1n) is 8.25. The molecule has 0 saturated carbocycles. The van der Waals surface area contributed by atoms with Gasteiger partial charge in [-0.3, -0.25) is 19.6 Å². The van der Waals surface area contributed by atoms with Gasteiger partial charge in [-0.05, 0) is 18.2 Å². The molecule has 3 aromatic rings. The van der Waals surface area contributed by atoms with Gasteiger partial charge in [-0.25, -0.2) is 17.6 Å². The highest BCUT2D eigenvalue weighted by Crippen LogP contribution is 2.35. The number of nitro benzene ring substituents is 1. The molecular weight excluding hydrogens is 471 g/mol. The lowest BCUT2D eigenvalue weighted by Crippen LogP contribution is -2.11. The van der Waals surface area contributed by atoms with Gasteiger partial charge in [0.05, 0.1) is 27.2 Å². The van der Waals surface area contributed by atoms with Crippen LogP contribution in [0.2, 0.25) is 10.0 Å². The number of rotatable bonds is 7. The van der Waals surface area contributed by atoms with Crippen molar-refractivity contribution < 1.29 is 31.7 Å². The fraction of sp³-hybridized carbons (Fsp3) is 0.176. The summed E-state index contributed by atoms with van der Waals surface area (Å²) in [7, 11) is 0. The van der Waals surface area contributed by atoms with E-state index in [1.807, 2.05) is 0 Å². The molecule has 3 rings (SSSR count). The Balaban J connectivity index is 1.81. The number of anilines is 1. The van der Waals surface area contributed by atoms with Crippen LogP contribution in [0, 0.1) is 10.1 Å². The first-order valence-corrected chi connectivity index (χ1v) is 9.00. The average Bonchev–Trinajstić information content (AvgIpc) is 3.28. The Bertz CT molecular complexity index is 1150. The van der Waals surface area contributed by atoms with Crippen molar-refractivity contribution >= 4 is 40.5 Å². The lowest BCUT2D eigenvalue weighted by molar-refractivity contribution is -0.384. The van der Waals surface area contributed by atoms with Gasteiger partial charge in [0.15, 0.2) is 5.76 Å². The summed E-state index contributed by atoms with van der Waals surface area (Å²) in [6, 6.07) is 5.84. The zero-order valence-corrected chi connectivity index (χ0v) is 16.5. The summed E-state index contributed by atoms with van der Waals surface area (Å²) < 4.78 is 58.1. The summed E-state index contributed by atoms with van der Waals surface area (Å²) in [5.74, 6) is -1.19. The third-order valence-electron chi connectivity index (χ3n) is 3.97. The molecule has 0 aliphatic heterocycles. The van der Waals surface area contributed by atoms with Crippen LogP contribution in [-0.2, 0) is 6.54 Å². The van der Waals surface area contributed by atoms with Crippen LogP contribution in [0.4, 0.5) is 28.9 Å². The lowest BCUT2D eigenvalue weighted by Gasteiger charge is -2.06. The smallest absolute Gasteiger partial charge is 0.291 e. The highest BCUT2D eigenvalue weighted by molar-refractivity contribution is 6.34. The van der Waals surface area contributed by atoms with Crippen LogP contribution < -0.4 is 5.32 Å². The van der Waals surface area contributed by atoms with Gasteiger partial charge in [-0.2, -0.15) is 5.10 Å². The number of hydrogen-bond acceptors (Lipinski definition) is 5. The topological polar surface area (TPSA) is 103 Å². The van der Waals surface area contributed by atoms with Gasteiger partial charge in [0.1, 0.15) is 17.1 Å². The normalized spacial score (nSPS) is 11.4. The van der Waals surface area contributed by atoms with Crippen molar-refractivity contribution in [3.8, 4) is 0 Å². The molecule has 0 atom stereocenters. The minimum absolute atomic E-state index is 0.0259. The highest BCUT2D eigenvalue weighted by Gasteiger charge is 2.28. The third kappa shape index (κ3) is 4.80. The van der Waals surface area contributed by atoms with Gasteiger partial charge in [0.2, 0.25) is 0 Å². The van der Waals surface area contributed by atoms with E-state index in [0.29, 0.717) is 4.68 Å². The van der Waals surface area contributed by atoms with Crippen LogP contribution in [-0.4, -0.2) is 20.6 Å². The van der Waals surface area contributed by atoms with E-state index >= 15 is 0 Å². The van der Waals surface area contributed by atoms with Crippen molar-refractivity contribution in [1.29, 1.82) is 0 Å². The molecule has 0 spiro atoms. The first-order chi connectivity index (χ1) is 14.6. The number of benzene rings is 1. The Labute approximate surface area is 180 Å². The molecule has 8 nitrogen and oxygen atoms in total. The van der Waals surface area contributed by atoms with Crippen LogP contribution >= 0.6 is 23.2 Å². The minimum atomic E-state index is -3.18. The quantitative estimate of drug-likeness (QED) is 0.259. The number of furan rings is 1. The van der Waals surface area contributed by atoms with Crippen LogP contribution in [0.5, 0.6) is 0 Å². The maximum atomic E-state index is 13.2. The molecule has 2 heterocycles. The van der Waals surface area contributed by atoms with E-state index < -0.39 is 46.6 Å². The van der Waals surface area contributed by atoms with Gasteiger partial charge in [0, 0.05) is 12.1 Å². The van der Waals surface area contributed by atoms with Crippen LogP contribution in [0.3, 0.4) is 0 Å². The molecule has 0 aliphatic rings. The van der Waals surface area contributed by atoms with Gasteiger partial charge in [0.25, 0.3) is 24.4 Å². The maximum Gasteiger partial charge on any atom is 0.291 e. The second kappa shape index (κ2) is 8.94. The van der Waals surface area contributed by atoms with E-state index in [2.05, 4.69) is 10.4 Å². The van der Waals surface area contributed by atoms with E-state index in [-0.39, 0.29) is 27.9 Å². The van der Waals surface area contributed by atoms with Gasteiger partial charge in [-0.15, -0.1) is 0 Å². The second-order valence-corrected chi connectivity index (χ2v) is 6.77. The van der Waals surface area contributed by atoms with Gasteiger partial charge in [-0.1, -0.05) is 23.2 Å². The largest absolute Gasteiger partial charge is 0.454 e. The van der Waals surface area contributed by atoms with Crippen LogP contribution in [0.1, 0.15) is 40.6 Å². The number of hydrogen-bond donors (Lipinski definition) is 1. The summed E-state index contributed by atoms with van der Waals surface area (Å²) in [6.07, 6.45) is -6.34. The molecule has 31 heavy (non-hydrogen) atoms. The van der Waals surface area contributed by atoms with E-state index in [1.54, 1.807) is 0 Å². The third-order valence-corrected chi connectivity index (χ3v) is 4.69. The SMILES string of the molecule is O=C(Nc1cc([N+](=O)[O-])ccc1Cl)c1ccc(Cn2nc(C(F)F)c(Cl)c2C(F)F)o1. The van der Waals surface area contributed by atoms with Crippen molar-refractivity contribution in [2.75, 3.05) is 5.32 Å². The molecule has 1 N–H and O–H groups in total. The number of non-ortho nitro benzene ring substituents is 1. The van der Waals surface area contributed by atoms with Gasteiger partial charge < -0.3 is 9.73 Å². The van der Waals surface area contributed by atoms with E-state index in [0.717, 1.165) is 12.1 Å². The van der Waals surface area contributed by atoms with Crippen LogP contribution in [0.15, 0.2) is 34.7 Å². The summed E-state index contributed by atoms with van der Waals surface area (Å²) in [4.78, 5) is 22.5. The summed E-state index contributed by atoms with van der Waals surface area (Å²) in [6.45, 7) is -0.503. The zero-order chi connectivity index (χ0) is 22.9. The molecular formula is C17H10Cl2F4N4O4. The average molecular weight is 481 g/mol. The molecule has 0 saturated heterocycles. The van der Waals surface area contributed by atoms with Crippen molar-refractivity contribution in [3.05, 3.63) is 73.4 Å². The van der Waals surface area contributed by atoms with E-state index in [1.165, 1.54) is 18.2 Å². The number of nitro groups is 1. The first kappa shape index (κ1) is 22.6.